The first-order valence-corrected chi connectivity index (χ1v) is 8.55. The van der Waals surface area contributed by atoms with Crippen molar-refractivity contribution in [3.63, 3.8) is 0 Å². The van der Waals surface area contributed by atoms with Crippen LogP contribution < -0.4 is 5.73 Å². The lowest BCUT2D eigenvalue weighted by Gasteiger charge is -2.08. The van der Waals surface area contributed by atoms with Gasteiger partial charge >= 0.3 is 5.97 Å². The first kappa shape index (κ1) is 18.5. The van der Waals surface area contributed by atoms with Crippen LogP contribution in [0.2, 0.25) is 0 Å². The van der Waals surface area contributed by atoms with Gasteiger partial charge in [-0.05, 0) is 48.5 Å². The zero-order valence-corrected chi connectivity index (χ0v) is 14.9. The summed E-state index contributed by atoms with van der Waals surface area (Å²) in [5.74, 6) is -1.71. The summed E-state index contributed by atoms with van der Waals surface area (Å²) < 4.78 is 5.69. The molecule has 1 saturated heterocycles. The van der Waals surface area contributed by atoms with Crippen LogP contribution in [0.25, 0.3) is 17.4 Å². The lowest BCUT2D eigenvalue weighted by Crippen LogP contribution is -2.36. The van der Waals surface area contributed by atoms with Crippen molar-refractivity contribution < 1.29 is 28.7 Å². The van der Waals surface area contributed by atoms with Crippen LogP contribution in [-0.2, 0) is 9.59 Å². The van der Waals surface area contributed by atoms with E-state index in [0.29, 0.717) is 28.8 Å². The summed E-state index contributed by atoms with van der Waals surface area (Å²) >= 11 is 0.686. The highest BCUT2D eigenvalue weighted by molar-refractivity contribution is 8.18. The second-order valence-electron chi connectivity index (χ2n) is 5.77. The Morgan fingerprint density at radius 2 is 2.00 bits per heavy atom. The van der Waals surface area contributed by atoms with Crippen LogP contribution in [0.5, 0.6) is 0 Å². The van der Waals surface area contributed by atoms with Crippen molar-refractivity contribution in [1.82, 2.24) is 4.90 Å². The molecule has 1 aliphatic rings. The molecule has 0 unspecified atom stereocenters. The fourth-order valence-corrected chi connectivity index (χ4v) is 3.34. The molecule has 1 fully saturated rings. The minimum atomic E-state index is -1.05. The highest BCUT2D eigenvalue weighted by Gasteiger charge is 2.36. The normalized spacial score (nSPS) is 15.6. The third-order valence-electron chi connectivity index (χ3n) is 3.84. The zero-order chi connectivity index (χ0) is 19.7. The van der Waals surface area contributed by atoms with E-state index in [-0.39, 0.29) is 10.5 Å². The van der Waals surface area contributed by atoms with E-state index in [1.54, 1.807) is 18.2 Å². The van der Waals surface area contributed by atoms with Crippen molar-refractivity contribution in [3.05, 3.63) is 52.1 Å². The first-order chi connectivity index (χ1) is 12.8. The van der Waals surface area contributed by atoms with E-state index in [2.05, 4.69) is 0 Å². The maximum atomic E-state index is 12.2. The molecule has 2 aromatic rings. The number of furan rings is 1. The molecule has 0 saturated carbocycles. The second kappa shape index (κ2) is 7.12. The number of imide groups is 1. The van der Waals surface area contributed by atoms with Crippen molar-refractivity contribution in [2.45, 2.75) is 6.92 Å². The predicted molar refractivity (Wildman–Crippen MR) is 97.7 cm³/mol. The van der Waals surface area contributed by atoms with Crippen molar-refractivity contribution in [3.8, 4) is 11.3 Å². The molecule has 0 aliphatic carbocycles. The average molecular weight is 386 g/mol. The minimum absolute atomic E-state index is 0.109. The molecule has 138 valence electrons. The smallest absolute Gasteiger partial charge is 0.335 e. The van der Waals surface area contributed by atoms with E-state index in [0.717, 1.165) is 10.5 Å². The molecule has 0 radical (unpaired) electrons. The van der Waals surface area contributed by atoms with E-state index >= 15 is 0 Å². The number of carbonyl (C=O) groups is 4. The van der Waals surface area contributed by atoms with Gasteiger partial charge in [0.25, 0.3) is 11.1 Å². The van der Waals surface area contributed by atoms with Crippen molar-refractivity contribution in [2.24, 2.45) is 5.73 Å². The summed E-state index contributed by atoms with van der Waals surface area (Å²) in [6.07, 6.45) is 1.39. The number of nitrogens with zero attached hydrogens (tertiary/aromatic N) is 1. The van der Waals surface area contributed by atoms with Crippen LogP contribution in [0.1, 0.15) is 21.7 Å². The Kier molecular flexibility index (Phi) is 4.87. The summed E-state index contributed by atoms with van der Waals surface area (Å²) in [4.78, 5) is 47.0. The topological polar surface area (TPSA) is 131 Å². The Bertz CT molecular complexity index is 1010. The fourth-order valence-electron chi connectivity index (χ4n) is 2.52. The number of hydrogen-bond acceptors (Lipinski definition) is 6. The van der Waals surface area contributed by atoms with Gasteiger partial charge in [0.2, 0.25) is 5.91 Å². The van der Waals surface area contributed by atoms with Gasteiger partial charge in [-0.15, -0.1) is 0 Å². The Labute approximate surface area is 157 Å². The van der Waals surface area contributed by atoms with Crippen LogP contribution in [0.4, 0.5) is 4.79 Å². The van der Waals surface area contributed by atoms with Crippen LogP contribution in [-0.4, -0.2) is 39.6 Å². The largest absolute Gasteiger partial charge is 0.478 e. The van der Waals surface area contributed by atoms with Gasteiger partial charge in [-0.2, -0.15) is 0 Å². The summed E-state index contributed by atoms with van der Waals surface area (Å²) in [5.41, 5.74) is 6.59. The SMILES string of the molecule is Cc1ccc(C(=O)O)cc1-c1ccc(/C=C2\SC(=O)N(CC(N)=O)C2=O)o1. The summed E-state index contributed by atoms with van der Waals surface area (Å²) in [7, 11) is 0. The van der Waals surface area contributed by atoms with Crippen molar-refractivity contribution in [2.75, 3.05) is 6.54 Å². The number of aromatic carboxylic acids is 1. The number of carboxylic acids is 1. The predicted octanol–water partition coefficient (Wildman–Crippen LogP) is 2.47. The minimum Gasteiger partial charge on any atom is -0.478 e. The molecule has 27 heavy (non-hydrogen) atoms. The number of primary amides is 1. The van der Waals surface area contributed by atoms with E-state index < -0.39 is 29.6 Å². The van der Waals surface area contributed by atoms with Gasteiger partial charge in [0.15, 0.2) is 0 Å². The molecule has 0 atom stereocenters. The van der Waals surface area contributed by atoms with E-state index in [9.17, 15) is 19.2 Å². The van der Waals surface area contributed by atoms with E-state index in [1.807, 2.05) is 6.92 Å². The van der Waals surface area contributed by atoms with Gasteiger partial charge in [0, 0.05) is 11.6 Å². The van der Waals surface area contributed by atoms with Crippen molar-refractivity contribution in [1.29, 1.82) is 0 Å². The van der Waals surface area contributed by atoms with Gasteiger partial charge in [0.05, 0.1) is 10.5 Å². The lowest BCUT2D eigenvalue weighted by atomic mass is 10.0. The number of aryl methyl sites for hydroxylation is 1. The first-order valence-electron chi connectivity index (χ1n) is 7.74. The van der Waals surface area contributed by atoms with Crippen LogP contribution in [0, 0.1) is 6.92 Å². The van der Waals surface area contributed by atoms with Gasteiger partial charge in [-0.3, -0.25) is 19.3 Å². The second-order valence-corrected chi connectivity index (χ2v) is 6.76. The Morgan fingerprint density at radius 3 is 2.67 bits per heavy atom. The number of carbonyl (C=O) groups excluding carboxylic acids is 3. The standard InChI is InChI=1S/C18H14N2O6S/c1-9-2-3-10(17(23)24)6-12(9)13-5-4-11(26-13)7-14-16(22)20(8-15(19)21)18(25)27-14/h2-7H,8H2,1H3,(H2,19,21)(H,23,24)/b14-7-. The molecule has 1 aliphatic heterocycles. The van der Waals surface area contributed by atoms with Gasteiger partial charge in [0.1, 0.15) is 18.1 Å². The molecular formula is C18H14N2O6S. The van der Waals surface area contributed by atoms with E-state index in [4.69, 9.17) is 15.3 Å². The monoisotopic (exact) mass is 386 g/mol. The van der Waals surface area contributed by atoms with Gasteiger partial charge < -0.3 is 15.3 Å². The molecule has 9 heteroatoms. The molecule has 3 N–H and O–H groups in total. The number of hydrogen-bond donors (Lipinski definition) is 2. The number of amides is 3. The van der Waals surface area contributed by atoms with Crippen LogP contribution >= 0.6 is 11.8 Å². The highest BCUT2D eigenvalue weighted by atomic mass is 32.2. The molecular weight excluding hydrogens is 372 g/mol. The average Bonchev–Trinajstić information content (AvgIpc) is 3.15. The number of thioether (sulfide) groups is 1. The van der Waals surface area contributed by atoms with Crippen molar-refractivity contribution >= 4 is 40.9 Å². The molecule has 8 nitrogen and oxygen atoms in total. The third kappa shape index (κ3) is 3.77. The molecule has 3 amide bonds. The number of rotatable bonds is 5. The quantitative estimate of drug-likeness (QED) is 0.755. The molecule has 3 rings (SSSR count). The molecule has 2 heterocycles. The maximum Gasteiger partial charge on any atom is 0.335 e. The summed E-state index contributed by atoms with van der Waals surface area (Å²) in [6.45, 7) is 1.34. The molecule has 0 bridgehead atoms. The Hall–Kier alpha value is -3.33. The maximum absolute atomic E-state index is 12.2. The fraction of sp³-hybridized carbons (Fsp3) is 0.111. The van der Waals surface area contributed by atoms with Crippen LogP contribution in [0.3, 0.4) is 0 Å². The zero-order valence-electron chi connectivity index (χ0n) is 14.1. The van der Waals surface area contributed by atoms with Crippen LogP contribution in [0.15, 0.2) is 39.7 Å². The summed E-state index contributed by atoms with van der Waals surface area (Å²) in [6, 6.07) is 7.93. The van der Waals surface area contributed by atoms with Gasteiger partial charge in [-0.25, -0.2) is 4.79 Å². The Morgan fingerprint density at radius 1 is 1.26 bits per heavy atom. The number of carboxylic acid groups (broad SMARTS) is 1. The van der Waals surface area contributed by atoms with Gasteiger partial charge in [-0.1, -0.05) is 6.07 Å². The highest BCUT2D eigenvalue weighted by Crippen LogP contribution is 2.33. The Balaban J connectivity index is 1.89. The molecule has 1 aromatic heterocycles. The molecule has 1 aromatic carbocycles. The lowest BCUT2D eigenvalue weighted by molar-refractivity contribution is -0.127. The number of benzene rings is 1. The third-order valence-corrected chi connectivity index (χ3v) is 4.75. The van der Waals surface area contributed by atoms with E-state index in [1.165, 1.54) is 18.2 Å². The summed E-state index contributed by atoms with van der Waals surface area (Å²) in [5, 5.41) is 8.55. The molecule has 0 spiro atoms. The number of nitrogens with two attached hydrogens (primary N) is 1.